The number of hydrogen-bond acceptors (Lipinski definition) is 6. The van der Waals surface area contributed by atoms with Crippen LogP contribution in [0.15, 0.2) is 29.2 Å². The van der Waals surface area contributed by atoms with E-state index in [4.69, 9.17) is 5.26 Å². The molecule has 8 heteroatoms. The van der Waals surface area contributed by atoms with Gasteiger partial charge in [-0.1, -0.05) is 12.1 Å². The number of ketones is 1. The van der Waals surface area contributed by atoms with Crippen LogP contribution < -0.4 is 4.72 Å². The summed E-state index contributed by atoms with van der Waals surface area (Å²) < 4.78 is 30.5. The molecule has 0 radical (unpaired) electrons. The molecule has 0 aliphatic carbocycles. The van der Waals surface area contributed by atoms with Gasteiger partial charge in [0.15, 0.2) is 5.78 Å². The van der Waals surface area contributed by atoms with E-state index >= 15 is 0 Å². The van der Waals surface area contributed by atoms with Crippen molar-refractivity contribution in [3.05, 3.63) is 29.8 Å². The van der Waals surface area contributed by atoms with Gasteiger partial charge >= 0.3 is 5.97 Å². The summed E-state index contributed by atoms with van der Waals surface area (Å²) in [7, 11) is -2.69. The van der Waals surface area contributed by atoms with Gasteiger partial charge in [0.2, 0.25) is 15.9 Å². The van der Waals surface area contributed by atoms with Crippen molar-refractivity contribution in [3.8, 4) is 6.07 Å². The third kappa shape index (κ3) is 3.65. The minimum absolute atomic E-state index is 0.0146. The SMILES string of the molecule is CCOC(=O)C(C#N)C(=O)c1ccccc1S(=O)(=O)NC. The van der Waals surface area contributed by atoms with Crippen molar-refractivity contribution in [1.82, 2.24) is 4.72 Å². The molecule has 1 aromatic rings. The van der Waals surface area contributed by atoms with Crippen LogP contribution in [-0.2, 0) is 19.6 Å². The molecule has 0 heterocycles. The van der Waals surface area contributed by atoms with E-state index in [1.165, 1.54) is 38.2 Å². The van der Waals surface area contributed by atoms with Crippen LogP contribution in [0.2, 0.25) is 0 Å². The van der Waals surface area contributed by atoms with E-state index < -0.39 is 27.7 Å². The quantitative estimate of drug-likeness (QED) is 0.464. The first kappa shape index (κ1) is 16.8. The van der Waals surface area contributed by atoms with Crippen LogP contribution in [0.25, 0.3) is 0 Å². The van der Waals surface area contributed by atoms with E-state index in [-0.39, 0.29) is 17.1 Å². The molecule has 0 saturated heterocycles. The van der Waals surface area contributed by atoms with E-state index in [1.54, 1.807) is 6.07 Å². The molecule has 7 nitrogen and oxygen atoms in total. The second-order valence-corrected chi connectivity index (χ2v) is 5.74. The lowest BCUT2D eigenvalue weighted by Gasteiger charge is -2.11. The summed E-state index contributed by atoms with van der Waals surface area (Å²) in [5.74, 6) is -3.61. The van der Waals surface area contributed by atoms with Gasteiger partial charge in [0.1, 0.15) is 0 Å². The predicted octanol–water partition coefficient (Wildman–Crippen LogP) is 0.480. The van der Waals surface area contributed by atoms with E-state index in [1.807, 2.05) is 0 Å². The van der Waals surface area contributed by atoms with Crippen LogP contribution in [0.1, 0.15) is 17.3 Å². The van der Waals surface area contributed by atoms with Crippen molar-refractivity contribution < 1.29 is 22.7 Å². The largest absolute Gasteiger partial charge is 0.465 e. The van der Waals surface area contributed by atoms with Gasteiger partial charge in [-0.25, -0.2) is 13.1 Å². The second kappa shape index (κ2) is 6.97. The Bertz CT molecular complexity index is 691. The first-order chi connectivity index (χ1) is 9.88. The fourth-order valence-electron chi connectivity index (χ4n) is 1.61. The molecule has 0 aliphatic heterocycles. The van der Waals surface area contributed by atoms with Crippen LogP contribution in [0, 0.1) is 17.2 Å². The lowest BCUT2D eigenvalue weighted by atomic mass is 9.99. The first-order valence-corrected chi connectivity index (χ1v) is 7.50. The summed E-state index contributed by atoms with van der Waals surface area (Å²) in [6.45, 7) is 1.55. The third-order valence-corrected chi connectivity index (χ3v) is 4.10. The van der Waals surface area contributed by atoms with Crippen molar-refractivity contribution in [2.75, 3.05) is 13.7 Å². The number of benzene rings is 1. The van der Waals surface area contributed by atoms with Crippen molar-refractivity contribution in [2.24, 2.45) is 5.92 Å². The van der Waals surface area contributed by atoms with Crippen LogP contribution in [0.3, 0.4) is 0 Å². The average molecular weight is 310 g/mol. The number of nitrogens with zero attached hydrogens (tertiary/aromatic N) is 1. The number of rotatable bonds is 6. The molecule has 1 rings (SSSR count). The standard InChI is InChI=1S/C13H14N2O5S/c1-3-20-13(17)10(8-14)12(16)9-6-4-5-7-11(9)21(18,19)15-2/h4-7,10,15H,3H2,1-2H3. The van der Waals surface area contributed by atoms with Gasteiger partial charge in [0, 0.05) is 5.56 Å². The van der Waals surface area contributed by atoms with E-state index in [9.17, 15) is 18.0 Å². The summed E-state index contributed by atoms with van der Waals surface area (Å²) in [5.41, 5.74) is -0.230. The molecule has 0 aliphatic rings. The Morgan fingerprint density at radius 3 is 2.52 bits per heavy atom. The highest BCUT2D eigenvalue weighted by Crippen LogP contribution is 2.19. The van der Waals surface area contributed by atoms with Gasteiger partial charge in [-0.2, -0.15) is 5.26 Å². The highest BCUT2D eigenvalue weighted by molar-refractivity contribution is 7.89. The van der Waals surface area contributed by atoms with Crippen LogP contribution >= 0.6 is 0 Å². The molecule has 0 spiro atoms. The van der Waals surface area contributed by atoms with E-state index in [0.29, 0.717) is 0 Å². The number of carbonyl (C=O) groups excluding carboxylic acids is 2. The first-order valence-electron chi connectivity index (χ1n) is 6.02. The Balaban J connectivity index is 3.32. The van der Waals surface area contributed by atoms with Crippen molar-refractivity contribution in [3.63, 3.8) is 0 Å². The Labute approximate surface area is 122 Å². The topological polar surface area (TPSA) is 113 Å². The Morgan fingerprint density at radius 1 is 1.38 bits per heavy atom. The van der Waals surface area contributed by atoms with Gasteiger partial charge in [-0.15, -0.1) is 0 Å². The molecule has 112 valence electrons. The smallest absolute Gasteiger partial charge is 0.331 e. The molecular weight excluding hydrogens is 296 g/mol. The molecule has 0 saturated carbocycles. The number of carbonyl (C=O) groups is 2. The predicted molar refractivity (Wildman–Crippen MR) is 72.8 cm³/mol. The number of hydrogen-bond donors (Lipinski definition) is 1. The fraction of sp³-hybridized carbons (Fsp3) is 0.308. The minimum Gasteiger partial charge on any atom is -0.465 e. The number of Topliss-reactive ketones (excluding diaryl/α,β-unsaturated/α-hetero) is 1. The number of sulfonamides is 1. The highest BCUT2D eigenvalue weighted by atomic mass is 32.2. The molecule has 1 unspecified atom stereocenters. The molecule has 1 atom stereocenters. The number of nitrogens with one attached hydrogen (secondary N) is 1. The minimum atomic E-state index is -3.89. The third-order valence-electron chi connectivity index (χ3n) is 2.62. The van der Waals surface area contributed by atoms with Crippen molar-refractivity contribution in [1.29, 1.82) is 5.26 Å². The van der Waals surface area contributed by atoms with Gasteiger partial charge in [0.05, 0.1) is 17.6 Å². The maximum Gasteiger partial charge on any atom is 0.331 e. The average Bonchev–Trinajstić information content (AvgIpc) is 2.48. The van der Waals surface area contributed by atoms with Gasteiger partial charge < -0.3 is 4.74 Å². The zero-order valence-corrected chi connectivity index (χ0v) is 12.3. The number of nitriles is 1. The zero-order valence-electron chi connectivity index (χ0n) is 11.5. The lowest BCUT2D eigenvalue weighted by molar-refractivity contribution is -0.144. The Hall–Kier alpha value is -2.24. The molecule has 1 N–H and O–H groups in total. The van der Waals surface area contributed by atoms with Crippen LogP contribution in [-0.4, -0.2) is 33.8 Å². The normalized spacial score (nSPS) is 12.2. The maximum absolute atomic E-state index is 12.3. The molecule has 0 aromatic heterocycles. The van der Waals surface area contributed by atoms with Gasteiger partial charge in [-0.3, -0.25) is 9.59 Å². The second-order valence-electron chi connectivity index (χ2n) is 3.88. The highest BCUT2D eigenvalue weighted by Gasteiger charge is 2.32. The monoisotopic (exact) mass is 310 g/mol. The van der Waals surface area contributed by atoms with Gasteiger partial charge in [-0.05, 0) is 26.1 Å². The Kier molecular flexibility index (Phi) is 5.58. The maximum atomic E-state index is 12.3. The number of ether oxygens (including phenoxy) is 1. The van der Waals surface area contributed by atoms with Crippen molar-refractivity contribution >= 4 is 21.8 Å². The fourth-order valence-corrected chi connectivity index (χ4v) is 2.55. The molecule has 0 fully saturated rings. The lowest BCUT2D eigenvalue weighted by Crippen LogP contribution is -2.28. The molecule has 1 aromatic carbocycles. The summed E-state index contributed by atoms with van der Waals surface area (Å²) in [6, 6.07) is 6.89. The van der Waals surface area contributed by atoms with Crippen LogP contribution in [0.4, 0.5) is 0 Å². The molecule has 21 heavy (non-hydrogen) atoms. The van der Waals surface area contributed by atoms with E-state index in [0.717, 1.165) is 0 Å². The van der Waals surface area contributed by atoms with Crippen molar-refractivity contribution in [2.45, 2.75) is 11.8 Å². The summed E-state index contributed by atoms with van der Waals surface area (Å²) >= 11 is 0. The summed E-state index contributed by atoms with van der Waals surface area (Å²) in [5, 5.41) is 8.97. The Morgan fingerprint density at radius 2 is 2.00 bits per heavy atom. The zero-order chi connectivity index (χ0) is 16.0. The van der Waals surface area contributed by atoms with E-state index in [2.05, 4.69) is 9.46 Å². The molecular formula is C13H14N2O5S. The van der Waals surface area contributed by atoms with Crippen LogP contribution in [0.5, 0.6) is 0 Å². The summed E-state index contributed by atoms with van der Waals surface area (Å²) in [6.07, 6.45) is 0. The summed E-state index contributed by atoms with van der Waals surface area (Å²) in [4.78, 5) is 23.6. The molecule has 0 bridgehead atoms. The van der Waals surface area contributed by atoms with Gasteiger partial charge in [0.25, 0.3) is 0 Å². The molecule has 0 amide bonds. The number of esters is 1.